The number of benzene rings is 1. The third-order valence-electron chi connectivity index (χ3n) is 2.25. The van der Waals surface area contributed by atoms with E-state index in [1.165, 1.54) is 18.2 Å². The number of hydrogen-bond donors (Lipinski definition) is 2. The molecule has 0 spiro atoms. The zero-order chi connectivity index (χ0) is 14.5. The number of primary sulfonamides is 1. The number of amides is 1. The molecule has 0 aliphatic carbocycles. The van der Waals surface area contributed by atoms with Gasteiger partial charge in [0.25, 0.3) is 5.91 Å². The maximum atomic E-state index is 11.9. The number of halogens is 1. The number of carbonyl (C=O) groups excluding carboxylic acids is 1. The van der Waals surface area contributed by atoms with E-state index in [2.05, 4.69) is 21.2 Å². The molecule has 19 heavy (non-hydrogen) atoms. The Morgan fingerprint density at radius 1 is 1.47 bits per heavy atom. The second kappa shape index (κ2) is 6.99. The molecule has 0 unspecified atom stereocenters. The molecule has 0 saturated heterocycles. The zero-order valence-electron chi connectivity index (χ0n) is 10.3. The summed E-state index contributed by atoms with van der Waals surface area (Å²) in [5, 5.41) is 7.64. The molecule has 0 aliphatic rings. The summed E-state index contributed by atoms with van der Waals surface area (Å²) < 4.78 is 28.0. The Morgan fingerprint density at radius 2 is 2.16 bits per heavy atom. The number of hydrogen-bond acceptors (Lipinski definition) is 4. The van der Waals surface area contributed by atoms with E-state index in [4.69, 9.17) is 9.88 Å². The summed E-state index contributed by atoms with van der Waals surface area (Å²) in [4.78, 5) is 11.8. The van der Waals surface area contributed by atoms with Crippen LogP contribution in [0.2, 0.25) is 0 Å². The van der Waals surface area contributed by atoms with Crippen molar-refractivity contribution in [2.45, 2.75) is 11.8 Å². The molecular weight excluding hydrogens is 336 g/mol. The Morgan fingerprint density at radius 3 is 2.74 bits per heavy atom. The van der Waals surface area contributed by atoms with E-state index >= 15 is 0 Å². The van der Waals surface area contributed by atoms with Gasteiger partial charge < -0.3 is 10.1 Å². The summed E-state index contributed by atoms with van der Waals surface area (Å²) in [7, 11) is -3.83. The standard InChI is InChI=1S/C11H15BrN2O4S/c1-2-18-6-5-14-11(15)9-7-8(19(13,16)17)3-4-10(9)12/h3-4,7H,2,5-6H2,1H3,(H,14,15)(H2,13,16,17). The lowest BCUT2D eigenvalue weighted by molar-refractivity contribution is 0.0921. The highest BCUT2D eigenvalue weighted by atomic mass is 79.9. The van der Waals surface area contributed by atoms with Crippen LogP contribution in [0.15, 0.2) is 27.6 Å². The van der Waals surface area contributed by atoms with Gasteiger partial charge in [-0.3, -0.25) is 4.79 Å². The summed E-state index contributed by atoms with van der Waals surface area (Å²) in [6.45, 7) is 3.17. The molecule has 6 nitrogen and oxygen atoms in total. The second-order valence-corrected chi connectivity index (χ2v) is 6.06. The number of sulfonamides is 1. The minimum atomic E-state index is -3.83. The predicted molar refractivity (Wildman–Crippen MR) is 74.3 cm³/mol. The van der Waals surface area contributed by atoms with E-state index in [9.17, 15) is 13.2 Å². The fraction of sp³-hybridized carbons (Fsp3) is 0.364. The van der Waals surface area contributed by atoms with E-state index < -0.39 is 15.9 Å². The number of nitrogens with two attached hydrogens (primary N) is 1. The van der Waals surface area contributed by atoms with Crippen molar-refractivity contribution in [3.05, 3.63) is 28.2 Å². The molecule has 1 aromatic carbocycles. The minimum absolute atomic E-state index is 0.106. The molecule has 0 radical (unpaired) electrons. The SMILES string of the molecule is CCOCCNC(=O)c1cc(S(N)(=O)=O)ccc1Br. The highest BCUT2D eigenvalue weighted by Gasteiger charge is 2.15. The van der Waals surface area contributed by atoms with Crippen molar-refractivity contribution in [2.24, 2.45) is 5.14 Å². The third-order valence-corrected chi connectivity index (χ3v) is 3.85. The fourth-order valence-corrected chi connectivity index (χ4v) is 2.30. The normalized spacial score (nSPS) is 11.3. The first-order valence-corrected chi connectivity index (χ1v) is 7.88. The third kappa shape index (κ3) is 4.90. The van der Waals surface area contributed by atoms with Gasteiger partial charge in [0.1, 0.15) is 0 Å². The molecule has 0 saturated carbocycles. The minimum Gasteiger partial charge on any atom is -0.380 e. The van der Waals surface area contributed by atoms with Gasteiger partial charge in [-0.25, -0.2) is 13.6 Å². The molecule has 0 heterocycles. The van der Waals surface area contributed by atoms with Crippen molar-refractivity contribution in [1.82, 2.24) is 5.32 Å². The number of ether oxygens (including phenoxy) is 1. The first kappa shape index (κ1) is 16.1. The molecule has 0 bridgehead atoms. The van der Waals surface area contributed by atoms with E-state index in [-0.39, 0.29) is 10.5 Å². The first-order valence-electron chi connectivity index (χ1n) is 5.54. The van der Waals surface area contributed by atoms with Gasteiger partial charge in [0.2, 0.25) is 10.0 Å². The van der Waals surface area contributed by atoms with E-state index in [0.717, 1.165) is 0 Å². The van der Waals surface area contributed by atoms with Crippen LogP contribution < -0.4 is 10.5 Å². The van der Waals surface area contributed by atoms with Gasteiger partial charge in [-0.05, 0) is 41.1 Å². The maximum absolute atomic E-state index is 11.9. The van der Waals surface area contributed by atoms with Crippen LogP contribution in [0.4, 0.5) is 0 Å². The van der Waals surface area contributed by atoms with Crippen molar-refractivity contribution in [1.29, 1.82) is 0 Å². The van der Waals surface area contributed by atoms with Crippen LogP contribution in [0.1, 0.15) is 17.3 Å². The van der Waals surface area contributed by atoms with E-state index in [0.29, 0.717) is 24.2 Å². The summed E-state index contributed by atoms with van der Waals surface area (Å²) in [5.41, 5.74) is 0.211. The molecule has 106 valence electrons. The molecule has 1 rings (SSSR count). The molecule has 1 aromatic rings. The Kier molecular flexibility index (Phi) is 5.92. The molecule has 0 atom stereocenters. The molecule has 0 aliphatic heterocycles. The first-order chi connectivity index (χ1) is 8.86. The van der Waals surface area contributed by atoms with Crippen molar-refractivity contribution in [3.63, 3.8) is 0 Å². The fourth-order valence-electron chi connectivity index (χ4n) is 1.33. The monoisotopic (exact) mass is 350 g/mol. The quantitative estimate of drug-likeness (QED) is 0.743. The zero-order valence-corrected chi connectivity index (χ0v) is 12.8. The predicted octanol–water partition coefficient (Wildman–Crippen LogP) is 0.863. The van der Waals surface area contributed by atoms with Gasteiger partial charge in [-0.2, -0.15) is 0 Å². The topological polar surface area (TPSA) is 98.5 Å². The van der Waals surface area contributed by atoms with Crippen LogP contribution in [0.5, 0.6) is 0 Å². The highest BCUT2D eigenvalue weighted by molar-refractivity contribution is 9.10. The average molecular weight is 351 g/mol. The Balaban J connectivity index is 2.84. The van der Waals surface area contributed by atoms with Crippen molar-refractivity contribution in [2.75, 3.05) is 19.8 Å². The molecule has 0 fully saturated rings. The largest absolute Gasteiger partial charge is 0.380 e. The lowest BCUT2D eigenvalue weighted by Gasteiger charge is -2.08. The van der Waals surface area contributed by atoms with Gasteiger partial charge in [0, 0.05) is 17.6 Å². The molecular formula is C11H15BrN2O4S. The molecule has 8 heteroatoms. The lowest BCUT2D eigenvalue weighted by Crippen LogP contribution is -2.28. The van der Waals surface area contributed by atoms with Crippen molar-refractivity contribution in [3.8, 4) is 0 Å². The maximum Gasteiger partial charge on any atom is 0.252 e. The highest BCUT2D eigenvalue weighted by Crippen LogP contribution is 2.20. The molecule has 0 aromatic heterocycles. The summed E-state index contributed by atoms with van der Waals surface area (Å²) in [6.07, 6.45) is 0. The van der Waals surface area contributed by atoms with Crippen LogP contribution in [0.3, 0.4) is 0 Å². The van der Waals surface area contributed by atoms with E-state index in [1.54, 1.807) is 0 Å². The summed E-state index contributed by atoms with van der Waals surface area (Å²) in [6, 6.07) is 4.03. The summed E-state index contributed by atoms with van der Waals surface area (Å²) in [5.74, 6) is -0.392. The van der Waals surface area contributed by atoms with Crippen molar-refractivity contribution < 1.29 is 17.9 Å². The van der Waals surface area contributed by atoms with Crippen molar-refractivity contribution >= 4 is 31.9 Å². The lowest BCUT2D eigenvalue weighted by atomic mass is 10.2. The Bertz CT molecular complexity index is 560. The van der Waals surface area contributed by atoms with Gasteiger partial charge in [0.15, 0.2) is 0 Å². The Hall–Kier alpha value is -0.960. The van der Waals surface area contributed by atoms with E-state index in [1.807, 2.05) is 6.92 Å². The van der Waals surface area contributed by atoms with Crippen LogP contribution in [-0.2, 0) is 14.8 Å². The van der Waals surface area contributed by atoms with Gasteiger partial charge in [0.05, 0.1) is 17.1 Å². The van der Waals surface area contributed by atoms with Gasteiger partial charge >= 0.3 is 0 Å². The average Bonchev–Trinajstić information content (AvgIpc) is 2.33. The molecule has 3 N–H and O–H groups in total. The van der Waals surface area contributed by atoms with Crippen LogP contribution in [0, 0.1) is 0 Å². The smallest absolute Gasteiger partial charge is 0.252 e. The number of nitrogens with one attached hydrogen (secondary N) is 1. The van der Waals surface area contributed by atoms with Gasteiger partial charge in [-0.15, -0.1) is 0 Å². The number of carbonyl (C=O) groups is 1. The van der Waals surface area contributed by atoms with Crippen LogP contribution in [0.25, 0.3) is 0 Å². The van der Waals surface area contributed by atoms with Gasteiger partial charge in [-0.1, -0.05) is 0 Å². The Labute approximate surface area is 120 Å². The van der Waals surface area contributed by atoms with Crippen LogP contribution in [-0.4, -0.2) is 34.1 Å². The number of rotatable bonds is 6. The summed E-state index contributed by atoms with van der Waals surface area (Å²) >= 11 is 3.19. The second-order valence-electron chi connectivity index (χ2n) is 3.64. The molecule has 1 amide bonds. The van der Waals surface area contributed by atoms with Crippen LogP contribution >= 0.6 is 15.9 Å².